The second kappa shape index (κ2) is 8.04. The number of guanidine groups is 1. The first-order valence-electron chi connectivity index (χ1n) is 9.02. The highest BCUT2D eigenvalue weighted by Crippen LogP contribution is 2.43. The van der Waals surface area contributed by atoms with Gasteiger partial charge in [-0.2, -0.15) is 0 Å². The minimum atomic E-state index is -0.413. The van der Waals surface area contributed by atoms with E-state index in [1.54, 1.807) is 19.2 Å². The second-order valence-electron chi connectivity index (χ2n) is 6.84. The zero-order valence-corrected chi connectivity index (χ0v) is 15.2. The van der Waals surface area contributed by atoms with Crippen molar-refractivity contribution in [3.05, 3.63) is 71.3 Å². The van der Waals surface area contributed by atoms with Crippen LogP contribution >= 0.6 is 0 Å². The van der Waals surface area contributed by atoms with Gasteiger partial charge in [-0.05, 0) is 36.1 Å². The number of nitrogens with two attached hydrogens (primary N) is 1. The van der Waals surface area contributed by atoms with E-state index in [2.05, 4.69) is 46.0 Å². The Kier molecular flexibility index (Phi) is 5.56. The van der Waals surface area contributed by atoms with Crippen molar-refractivity contribution in [1.29, 1.82) is 0 Å². The summed E-state index contributed by atoms with van der Waals surface area (Å²) < 4.78 is 0. The Morgan fingerprint density at radius 1 is 1.12 bits per heavy atom. The molecule has 2 aromatic carbocycles. The molecule has 1 amide bonds. The van der Waals surface area contributed by atoms with Crippen LogP contribution in [0.3, 0.4) is 0 Å². The highest BCUT2D eigenvalue weighted by Gasteiger charge is 2.38. The molecule has 0 saturated heterocycles. The zero-order valence-electron chi connectivity index (χ0n) is 15.2. The number of hydrogen-bond acceptors (Lipinski definition) is 2. The third-order valence-corrected chi connectivity index (χ3v) is 5.19. The molecule has 1 fully saturated rings. The first kappa shape index (κ1) is 18.0. The molecule has 0 atom stereocenters. The predicted molar refractivity (Wildman–Crippen MR) is 105 cm³/mol. The maximum atomic E-state index is 11.3. The Labute approximate surface area is 154 Å². The number of carbonyl (C=O) groups excluding carboxylic acids is 1. The fraction of sp³-hybridized carbons (Fsp3) is 0.333. The molecule has 0 bridgehead atoms. The molecule has 0 heterocycles. The summed E-state index contributed by atoms with van der Waals surface area (Å²) in [5.41, 5.74) is 8.44. The van der Waals surface area contributed by atoms with Crippen molar-refractivity contribution < 1.29 is 4.79 Å². The van der Waals surface area contributed by atoms with Gasteiger partial charge in [-0.15, -0.1) is 0 Å². The number of amides is 1. The van der Waals surface area contributed by atoms with Crippen molar-refractivity contribution in [3.63, 3.8) is 0 Å². The first-order valence-corrected chi connectivity index (χ1v) is 9.02. The minimum Gasteiger partial charge on any atom is -0.366 e. The van der Waals surface area contributed by atoms with E-state index in [-0.39, 0.29) is 5.41 Å². The number of rotatable bonds is 6. The Morgan fingerprint density at radius 3 is 2.50 bits per heavy atom. The Hall–Kier alpha value is -2.82. The molecule has 0 spiro atoms. The maximum absolute atomic E-state index is 11.3. The van der Waals surface area contributed by atoms with Crippen molar-refractivity contribution >= 4 is 11.9 Å². The van der Waals surface area contributed by atoms with Crippen LogP contribution in [0.2, 0.25) is 0 Å². The topological polar surface area (TPSA) is 79.5 Å². The minimum absolute atomic E-state index is 0.199. The molecule has 2 aromatic rings. The molecule has 136 valence electrons. The lowest BCUT2D eigenvalue weighted by Gasteiger charge is -2.43. The standard InChI is InChI=1S/C21H26N4O/c1-23-20(24-14-16-7-5-8-17(13-16)19(22)26)25-15-21(11-6-12-21)18-9-3-2-4-10-18/h2-5,7-10,13H,6,11-12,14-15H2,1H3,(H2,22,26)(H2,23,24,25). The van der Waals surface area contributed by atoms with E-state index in [1.807, 2.05) is 12.1 Å². The van der Waals surface area contributed by atoms with Crippen LogP contribution < -0.4 is 16.4 Å². The average molecular weight is 350 g/mol. The maximum Gasteiger partial charge on any atom is 0.248 e. The van der Waals surface area contributed by atoms with Crippen LogP contribution in [0.4, 0.5) is 0 Å². The summed E-state index contributed by atoms with van der Waals surface area (Å²) in [6, 6.07) is 18.0. The zero-order chi connectivity index (χ0) is 18.4. The summed E-state index contributed by atoms with van der Waals surface area (Å²) in [6.07, 6.45) is 3.66. The lowest BCUT2D eigenvalue weighted by Crippen LogP contribution is -2.48. The van der Waals surface area contributed by atoms with Gasteiger partial charge in [-0.3, -0.25) is 9.79 Å². The van der Waals surface area contributed by atoms with Gasteiger partial charge in [0.15, 0.2) is 5.96 Å². The van der Waals surface area contributed by atoms with E-state index in [0.717, 1.165) is 18.1 Å². The Morgan fingerprint density at radius 2 is 1.88 bits per heavy atom. The van der Waals surface area contributed by atoms with Crippen LogP contribution in [0.15, 0.2) is 59.6 Å². The number of benzene rings is 2. The van der Waals surface area contributed by atoms with Crippen LogP contribution in [0.25, 0.3) is 0 Å². The third-order valence-electron chi connectivity index (χ3n) is 5.19. The molecule has 0 unspecified atom stereocenters. The van der Waals surface area contributed by atoms with Gasteiger partial charge < -0.3 is 16.4 Å². The lowest BCUT2D eigenvalue weighted by atomic mass is 9.64. The molecule has 3 rings (SSSR count). The SMILES string of the molecule is CN=C(NCc1cccc(C(N)=O)c1)NCC1(c2ccccc2)CCC1. The molecule has 26 heavy (non-hydrogen) atoms. The van der Waals surface area contributed by atoms with Crippen molar-refractivity contribution in [1.82, 2.24) is 10.6 Å². The summed E-state index contributed by atoms with van der Waals surface area (Å²) in [7, 11) is 1.77. The molecular formula is C21H26N4O. The van der Waals surface area contributed by atoms with Crippen molar-refractivity contribution in [2.75, 3.05) is 13.6 Å². The van der Waals surface area contributed by atoms with Gasteiger partial charge in [0.05, 0.1) is 0 Å². The van der Waals surface area contributed by atoms with Crippen molar-refractivity contribution in [3.8, 4) is 0 Å². The van der Waals surface area contributed by atoms with Crippen LogP contribution in [0.1, 0.15) is 40.7 Å². The fourth-order valence-electron chi connectivity index (χ4n) is 3.46. The average Bonchev–Trinajstić information content (AvgIpc) is 2.64. The number of carbonyl (C=O) groups is 1. The molecular weight excluding hydrogens is 324 g/mol. The van der Waals surface area contributed by atoms with Gasteiger partial charge in [-0.25, -0.2) is 0 Å². The number of nitrogens with one attached hydrogen (secondary N) is 2. The molecule has 4 N–H and O–H groups in total. The molecule has 0 aromatic heterocycles. The quantitative estimate of drug-likeness (QED) is 0.553. The molecule has 0 radical (unpaired) electrons. The molecule has 5 nitrogen and oxygen atoms in total. The summed E-state index contributed by atoms with van der Waals surface area (Å²) in [6.45, 7) is 1.44. The summed E-state index contributed by atoms with van der Waals surface area (Å²) >= 11 is 0. The molecule has 1 saturated carbocycles. The molecule has 5 heteroatoms. The fourth-order valence-corrected chi connectivity index (χ4v) is 3.46. The third kappa shape index (κ3) is 4.04. The normalized spacial score (nSPS) is 15.8. The number of hydrogen-bond donors (Lipinski definition) is 3. The Bertz CT molecular complexity index is 782. The van der Waals surface area contributed by atoms with Gasteiger partial charge in [-0.1, -0.05) is 48.9 Å². The number of primary amides is 1. The van der Waals surface area contributed by atoms with Gasteiger partial charge in [0.1, 0.15) is 0 Å². The van der Waals surface area contributed by atoms with Gasteiger partial charge in [0.2, 0.25) is 5.91 Å². The van der Waals surface area contributed by atoms with Crippen LogP contribution in [0, 0.1) is 0 Å². The summed E-state index contributed by atoms with van der Waals surface area (Å²) in [5.74, 6) is 0.348. The Balaban J connectivity index is 1.58. The summed E-state index contributed by atoms with van der Waals surface area (Å²) in [5, 5.41) is 6.78. The van der Waals surface area contributed by atoms with E-state index in [0.29, 0.717) is 12.1 Å². The van der Waals surface area contributed by atoms with E-state index in [9.17, 15) is 4.79 Å². The van der Waals surface area contributed by atoms with Gasteiger partial charge in [0, 0.05) is 31.1 Å². The monoisotopic (exact) mass is 350 g/mol. The van der Waals surface area contributed by atoms with Crippen LogP contribution in [-0.2, 0) is 12.0 Å². The lowest BCUT2D eigenvalue weighted by molar-refractivity contribution is 0.1000. The molecule has 1 aliphatic rings. The van der Waals surface area contributed by atoms with Gasteiger partial charge >= 0.3 is 0 Å². The van der Waals surface area contributed by atoms with Gasteiger partial charge in [0.25, 0.3) is 0 Å². The predicted octanol–water partition coefficient (Wildman–Crippen LogP) is 2.57. The first-order chi connectivity index (χ1) is 12.6. The van der Waals surface area contributed by atoms with Crippen molar-refractivity contribution in [2.45, 2.75) is 31.2 Å². The number of aliphatic imine (C=N–C) groups is 1. The second-order valence-corrected chi connectivity index (χ2v) is 6.84. The highest BCUT2D eigenvalue weighted by atomic mass is 16.1. The number of nitrogens with zero attached hydrogens (tertiary/aromatic N) is 1. The molecule has 1 aliphatic carbocycles. The van der Waals surface area contributed by atoms with Crippen LogP contribution in [0.5, 0.6) is 0 Å². The highest BCUT2D eigenvalue weighted by molar-refractivity contribution is 5.92. The van der Waals surface area contributed by atoms with E-state index in [4.69, 9.17) is 5.73 Å². The van der Waals surface area contributed by atoms with Crippen molar-refractivity contribution in [2.24, 2.45) is 10.7 Å². The smallest absolute Gasteiger partial charge is 0.248 e. The van der Waals surface area contributed by atoms with E-state index in [1.165, 1.54) is 24.8 Å². The van der Waals surface area contributed by atoms with E-state index >= 15 is 0 Å². The summed E-state index contributed by atoms with van der Waals surface area (Å²) in [4.78, 5) is 15.6. The molecule has 0 aliphatic heterocycles. The van der Waals surface area contributed by atoms with Crippen LogP contribution in [-0.4, -0.2) is 25.5 Å². The largest absolute Gasteiger partial charge is 0.366 e. The van der Waals surface area contributed by atoms with E-state index < -0.39 is 5.91 Å².